The summed E-state index contributed by atoms with van der Waals surface area (Å²) in [5, 5.41) is 0. The van der Waals surface area contributed by atoms with Crippen LogP contribution < -0.4 is 4.46 Å². The fraction of sp³-hybridized carbons (Fsp3) is 0.348. The maximum absolute atomic E-state index is 13.9. The van der Waals surface area contributed by atoms with Crippen LogP contribution in [0.1, 0.15) is 24.8 Å². The van der Waals surface area contributed by atoms with E-state index in [2.05, 4.69) is 75.9 Å². The first kappa shape index (κ1) is 19.1. The Hall–Kier alpha value is -1.19. The van der Waals surface area contributed by atoms with Crippen LogP contribution in [0.15, 0.2) is 71.7 Å². The number of fused-ring (bicyclic) bond motifs is 1. The number of hydrogen-bond acceptors (Lipinski definition) is 2. The van der Waals surface area contributed by atoms with Crippen LogP contribution in [0.2, 0.25) is 4.82 Å². The van der Waals surface area contributed by atoms with Crippen molar-refractivity contribution in [1.29, 1.82) is 0 Å². The van der Waals surface area contributed by atoms with Gasteiger partial charge in [0.2, 0.25) is 0 Å². The topological polar surface area (TPSA) is 20.3 Å². The summed E-state index contributed by atoms with van der Waals surface area (Å²) in [5.74, 6) is 0.469. The summed E-state index contributed by atoms with van der Waals surface area (Å²) < 4.78 is 2.32. The fourth-order valence-corrected chi connectivity index (χ4v) is 7.67. The van der Waals surface area contributed by atoms with Gasteiger partial charge in [0.15, 0.2) is 0 Å². The van der Waals surface area contributed by atoms with Gasteiger partial charge in [-0.15, -0.1) is 0 Å². The first-order chi connectivity index (χ1) is 13.1. The molecule has 4 heteroatoms. The Morgan fingerprint density at radius 3 is 2.44 bits per heavy atom. The molecule has 0 radical (unpaired) electrons. The zero-order valence-corrected chi connectivity index (χ0v) is 18.6. The van der Waals surface area contributed by atoms with E-state index in [-0.39, 0.29) is 31.2 Å². The van der Waals surface area contributed by atoms with E-state index < -0.39 is 0 Å². The Balaban J connectivity index is 1.69. The molecule has 1 saturated heterocycles. The molecule has 3 atom stereocenters. The van der Waals surface area contributed by atoms with Crippen molar-refractivity contribution < 1.29 is 4.79 Å². The van der Waals surface area contributed by atoms with Gasteiger partial charge in [0.25, 0.3) is 0 Å². The van der Waals surface area contributed by atoms with E-state index in [0.717, 1.165) is 36.8 Å². The van der Waals surface area contributed by atoms with E-state index in [1.165, 1.54) is 10.0 Å². The summed E-state index contributed by atoms with van der Waals surface area (Å²) in [7, 11) is 0. The molecule has 1 aliphatic carbocycles. The predicted octanol–water partition coefficient (Wildman–Crippen LogP) is 4.09. The van der Waals surface area contributed by atoms with Crippen molar-refractivity contribution in [2.45, 2.75) is 35.5 Å². The third kappa shape index (κ3) is 3.61. The molecule has 0 bridgehead atoms. The molecule has 2 nitrogen and oxygen atoms in total. The number of benzene rings is 2. The monoisotopic (exact) mass is 489 g/mol. The molecule has 0 aromatic heterocycles. The first-order valence-corrected chi connectivity index (χ1v) is 12.1. The molecule has 3 unspecified atom stereocenters. The third-order valence-corrected chi connectivity index (χ3v) is 8.86. The number of halogens is 1. The normalized spacial score (nSPS) is 28.1. The molecule has 1 heterocycles. The van der Waals surface area contributed by atoms with Crippen molar-refractivity contribution in [2.24, 2.45) is 0 Å². The average molecular weight is 489 g/mol. The molecule has 2 aliphatic rings. The summed E-state index contributed by atoms with van der Waals surface area (Å²) in [6.07, 6.45) is 3.00. The van der Waals surface area contributed by atoms with Crippen molar-refractivity contribution in [2.75, 3.05) is 13.1 Å². The Bertz CT molecular complexity index is 825. The molecule has 0 amide bonds. The fourth-order valence-electron chi connectivity index (χ4n) is 4.80. The van der Waals surface area contributed by atoms with Crippen LogP contribution in [0.3, 0.4) is 0 Å². The Kier molecular flexibility index (Phi) is 5.70. The molecule has 4 rings (SSSR count). The standard InChI is InChI=1S/C23H24BrNOSe/c1-17(24)16-25-15-14-23(18-8-4-2-5-9-18)21(25)13-12-20(22(23)26)27-19-10-6-3-7-11-19/h2-11,20-21H,1,12-16H2. The minimum absolute atomic E-state index is 0.170. The van der Waals surface area contributed by atoms with Crippen molar-refractivity contribution in [3.05, 3.63) is 77.3 Å². The molecule has 2 aromatic rings. The number of carbonyl (C=O) groups excluding carboxylic acids is 1. The molecule has 0 spiro atoms. The van der Waals surface area contributed by atoms with Gasteiger partial charge in [0, 0.05) is 0 Å². The van der Waals surface area contributed by atoms with Crippen LogP contribution >= 0.6 is 15.9 Å². The van der Waals surface area contributed by atoms with Gasteiger partial charge in [-0.05, 0) is 0 Å². The van der Waals surface area contributed by atoms with Gasteiger partial charge in [0.1, 0.15) is 0 Å². The van der Waals surface area contributed by atoms with Crippen LogP contribution in [0.4, 0.5) is 0 Å². The molecular formula is C23H24BrNOSe. The van der Waals surface area contributed by atoms with Crippen molar-refractivity contribution >= 4 is 41.1 Å². The summed E-state index contributed by atoms with van der Waals surface area (Å²) in [4.78, 5) is 16.6. The van der Waals surface area contributed by atoms with E-state index >= 15 is 0 Å². The van der Waals surface area contributed by atoms with E-state index in [1.807, 2.05) is 12.1 Å². The van der Waals surface area contributed by atoms with E-state index in [9.17, 15) is 4.79 Å². The van der Waals surface area contributed by atoms with E-state index in [4.69, 9.17) is 0 Å². The molecule has 1 aliphatic heterocycles. The molecule has 2 aromatic carbocycles. The number of rotatable bonds is 5. The number of ketones is 1. The molecular weight excluding hydrogens is 465 g/mol. The molecule has 140 valence electrons. The first-order valence-electron chi connectivity index (χ1n) is 9.50. The maximum atomic E-state index is 13.9. The van der Waals surface area contributed by atoms with Crippen LogP contribution in [0, 0.1) is 0 Å². The second-order valence-electron chi connectivity index (χ2n) is 7.45. The summed E-state index contributed by atoms with van der Waals surface area (Å²) in [5.41, 5.74) is 0.847. The molecule has 0 N–H and O–H groups in total. The molecule has 27 heavy (non-hydrogen) atoms. The minimum atomic E-state index is -0.358. The Morgan fingerprint density at radius 2 is 1.78 bits per heavy atom. The second-order valence-corrected chi connectivity index (χ2v) is 11.3. The average Bonchev–Trinajstić information content (AvgIpc) is 3.05. The van der Waals surface area contributed by atoms with Crippen molar-refractivity contribution in [3.63, 3.8) is 0 Å². The number of likely N-dealkylation sites (tertiary alicyclic amines) is 1. The van der Waals surface area contributed by atoms with Gasteiger partial charge in [-0.3, -0.25) is 0 Å². The van der Waals surface area contributed by atoms with E-state index in [1.54, 1.807) is 0 Å². The zero-order chi connectivity index (χ0) is 18.9. The third-order valence-electron chi connectivity index (χ3n) is 5.92. The van der Waals surface area contributed by atoms with Crippen LogP contribution in [-0.2, 0) is 10.2 Å². The predicted molar refractivity (Wildman–Crippen MR) is 116 cm³/mol. The molecule has 1 saturated carbocycles. The summed E-state index contributed by atoms with van der Waals surface area (Å²) in [6.45, 7) is 5.81. The molecule has 2 fully saturated rings. The van der Waals surface area contributed by atoms with Gasteiger partial charge in [-0.25, -0.2) is 0 Å². The number of nitrogens with zero attached hydrogens (tertiary/aromatic N) is 1. The van der Waals surface area contributed by atoms with Gasteiger partial charge < -0.3 is 0 Å². The van der Waals surface area contributed by atoms with Gasteiger partial charge in [-0.2, -0.15) is 0 Å². The number of hydrogen-bond donors (Lipinski definition) is 0. The van der Waals surface area contributed by atoms with Crippen LogP contribution in [0.5, 0.6) is 0 Å². The second kappa shape index (κ2) is 8.05. The summed E-state index contributed by atoms with van der Waals surface area (Å²) >= 11 is 3.72. The van der Waals surface area contributed by atoms with Crippen LogP contribution in [-0.4, -0.2) is 44.8 Å². The Morgan fingerprint density at radius 1 is 1.11 bits per heavy atom. The number of Topliss-reactive ketones (excluding diaryl/α,β-unsaturated/α-hetero) is 1. The summed E-state index contributed by atoms with van der Waals surface area (Å²) in [6, 6.07) is 21.4. The van der Waals surface area contributed by atoms with Gasteiger partial charge >= 0.3 is 177 Å². The number of carbonyl (C=O) groups is 1. The SMILES string of the molecule is C=C(Br)CN1CCC2(c3ccccc3)C(=O)C([Se]c3ccccc3)CCC12. The van der Waals surface area contributed by atoms with Crippen molar-refractivity contribution in [3.8, 4) is 0 Å². The van der Waals surface area contributed by atoms with Crippen molar-refractivity contribution in [1.82, 2.24) is 4.90 Å². The van der Waals surface area contributed by atoms with Gasteiger partial charge in [0.05, 0.1) is 0 Å². The zero-order valence-electron chi connectivity index (χ0n) is 15.3. The Labute approximate surface area is 176 Å². The van der Waals surface area contributed by atoms with Gasteiger partial charge in [-0.1, -0.05) is 0 Å². The van der Waals surface area contributed by atoms with Crippen LogP contribution in [0.25, 0.3) is 0 Å². The van der Waals surface area contributed by atoms with E-state index in [0.29, 0.717) is 5.78 Å². The quantitative estimate of drug-likeness (QED) is 0.590.